The number of fused-ring (bicyclic) bond motifs is 13. The van der Waals surface area contributed by atoms with Gasteiger partial charge in [0.2, 0.25) is 5.95 Å². The van der Waals surface area contributed by atoms with E-state index >= 15 is 0 Å². The van der Waals surface area contributed by atoms with Crippen molar-refractivity contribution in [2.45, 2.75) is 0 Å². The van der Waals surface area contributed by atoms with Gasteiger partial charge in [-0.3, -0.25) is 4.57 Å². The molecule has 0 unspecified atom stereocenters. The molecule has 0 bridgehead atoms. The Labute approximate surface area is 471 Å². The Morgan fingerprint density at radius 3 is 1.46 bits per heavy atom. The molecular weight excluding hydrogens is 1000 g/mol. The standard InChI is InChI=1S/C75H47N5S/c1-5-20-48(21-6-1)49-36-39-55(40-37-49)79(68-35-18-17-30-57(68)50-22-7-2-8-23-50)56-29-19-28-53(44-56)54-38-43-69-66(45-54)62-41-42-63-67-46-64-60-33-15-13-31-58(60)59-32-14-16-34-61(59)65(64)47-70(67)81-72(63)71(62)80(69)75-77-73(51-24-9-3-10-25-51)76-74(78-75)52-26-11-4-12-27-52/h1-47H. The largest absolute Gasteiger partial charge is 0.310 e. The van der Waals surface area contributed by atoms with E-state index in [0.717, 1.165) is 72.2 Å². The van der Waals surface area contributed by atoms with Gasteiger partial charge in [0.25, 0.3) is 0 Å². The lowest BCUT2D eigenvalue weighted by Crippen LogP contribution is -2.11. The second-order valence-corrected chi connectivity index (χ2v) is 21.7. The van der Waals surface area contributed by atoms with Gasteiger partial charge in [0.1, 0.15) is 0 Å². The van der Waals surface area contributed by atoms with Crippen molar-refractivity contribution in [2.24, 2.45) is 0 Å². The molecule has 0 spiro atoms. The molecule has 3 heterocycles. The molecule has 13 aromatic carbocycles. The first-order valence-electron chi connectivity index (χ1n) is 27.4. The maximum Gasteiger partial charge on any atom is 0.238 e. The number of para-hydroxylation sites is 1. The molecule has 378 valence electrons. The third-order valence-electron chi connectivity index (χ3n) is 16.0. The fourth-order valence-electron chi connectivity index (χ4n) is 12.2. The van der Waals surface area contributed by atoms with E-state index in [1.165, 1.54) is 63.6 Å². The molecule has 16 aromatic rings. The lowest BCUT2D eigenvalue weighted by Gasteiger charge is -2.28. The van der Waals surface area contributed by atoms with Crippen molar-refractivity contribution in [1.29, 1.82) is 0 Å². The molecule has 0 aliphatic heterocycles. The molecule has 0 atom stereocenters. The van der Waals surface area contributed by atoms with E-state index in [-0.39, 0.29) is 0 Å². The number of hydrogen-bond donors (Lipinski definition) is 0. The average molecular weight is 1050 g/mol. The number of rotatable bonds is 9. The molecular formula is C75H47N5S. The van der Waals surface area contributed by atoms with Crippen molar-refractivity contribution in [2.75, 3.05) is 4.90 Å². The molecule has 0 amide bonds. The molecule has 3 aromatic heterocycles. The quantitative estimate of drug-likeness (QED) is 0.135. The number of benzene rings is 13. The van der Waals surface area contributed by atoms with E-state index in [1.54, 1.807) is 0 Å². The van der Waals surface area contributed by atoms with Crippen LogP contribution in [0, 0.1) is 0 Å². The van der Waals surface area contributed by atoms with Crippen molar-refractivity contribution in [3.05, 3.63) is 285 Å². The third kappa shape index (κ3) is 7.87. The number of aromatic nitrogens is 4. The van der Waals surface area contributed by atoms with Crippen LogP contribution >= 0.6 is 11.3 Å². The number of anilines is 3. The average Bonchev–Trinajstić information content (AvgIpc) is 4.25. The monoisotopic (exact) mass is 1050 g/mol. The zero-order valence-electron chi connectivity index (χ0n) is 43.8. The lowest BCUT2D eigenvalue weighted by atomic mass is 9.93. The number of nitrogens with zero attached hydrogens (tertiary/aromatic N) is 5. The van der Waals surface area contributed by atoms with Crippen LogP contribution in [0.1, 0.15) is 0 Å². The maximum absolute atomic E-state index is 5.41. The van der Waals surface area contributed by atoms with Crippen LogP contribution < -0.4 is 4.90 Å². The summed E-state index contributed by atoms with van der Waals surface area (Å²) < 4.78 is 4.72. The van der Waals surface area contributed by atoms with Crippen LogP contribution in [0.4, 0.5) is 17.1 Å². The Morgan fingerprint density at radius 1 is 0.296 bits per heavy atom. The summed E-state index contributed by atoms with van der Waals surface area (Å²) in [7, 11) is 0. The zero-order chi connectivity index (χ0) is 53.4. The fraction of sp³-hybridized carbons (Fsp3) is 0. The minimum Gasteiger partial charge on any atom is -0.310 e. The smallest absolute Gasteiger partial charge is 0.238 e. The van der Waals surface area contributed by atoms with Crippen molar-refractivity contribution in [1.82, 2.24) is 19.5 Å². The normalized spacial score (nSPS) is 11.7. The van der Waals surface area contributed by atoms with E-state index in [0.29, 0.717) is 17.6 Å². The van der Waals surface area contributed by atoms with E-state index in [1.807, 2.05) is 47.7 Å². The summed E-state index contributed by atoms with van der Waals surface area (Å²) in [6, 6.07) is 103. The van der Waals surface area contributed by atoms with E-state index in [4.69, 9.17) is 15.0 Å². The van der Waals surface area contributed by atoms with Crippen LogP contribution in [0.3, 0.4) is 0 Å². The summed E-state index contributed by atoms with van der Waals surface area (Å²) >= 11 is 1.85. The second kappa shape index (κ2) is 19.1. The maximum atomic E-state index is 5.41. The summed E-state index contributed by atoms with van der Waals surface area (Å²) in [6.07, 6.45) is 0. The lowest BCUT2D eigenvalue weighted by molar-refractivity contribution is 0.955. The Hall–Kier alpha value is -10.5. The Balaban J connectivity index is 0.927. The van der Waals surface area contributed by atoms with E-state index in [2.05, 4.69) is 258 Å². The van der Waals surface area contributed by atoms with Crippen LogP contribution in [0.2, 0.25) is 0 Å². The Bertz CT molecular complexity index is 5040. The molecule has 0 saturated heterocycles. The fourth-order valence-corrected chi connectivity index (χ4v) is 13.5. The molecule has 6 heteroatoms. The van der Waals surface area contributed by atoms with Crippen LogP contribution in [0.5, 0.6) is 0 Å². The highest BCUT2D eigenvalue weighted by molar-refractivity contribution is 7.26. The first kappa shape index (κ1) is 46.6. The number of hydrogen-bond acceptors (Lipinski definition) is 5. The van der Waals surface area contributed by atoms with Gasteiger partial charge in [0, 0.05) is 54.3 Å². The van der Waals surface area contributed by atoms with Gasteiger partial charge in [0.15, 0.2) is 11.6 Å². The minimum atomic E-state index is 0.565. The highest BCUT2D eigenvalue weighted by Gasteiger charge is 2.24. The van der Waals surface area contributed by atoms with E-state index < -0.39 is 0 Å². The predicted molar refractivity (Wildman–Crippen MR) is 341 cm³/mol. The van der Waals surface area contributed by atoms with Gasteiger partial charge in [0.05, 0.1) is 21.4 Å². The summed E-state index contributed by atoms with van der Waals surface area (Å²) in [4.78, 5) is 18.4. The summed E-state index contributed by atoms with van der Waals surface area (Å²) in [5.74, 6) is 1.80. The highest BCUT2D eigenvalue weighted by Crippen LogP contribution is 2.48. The summed E-state index contributed by atoms with van der Waals surface area (Å²) in [6.45, 7) is 0. The van der Waals surface area contributed by atoms with Crippen molar-refractivity contribution >= 4 is 103 Å². The Morgan fingerprint density at radius 2 is 0.802 bits per heavy atom. The molecule has 0 aliphatic rings. The van der Waals surface area contributed by atoms with Gasteiger partial charge in [-0.1, -0.05) is 231 Å². The van der Waals surface area contributed by atoms with Gasteiger partial charge in [-0.05, 0) is 115 Å². The topological polar surface area (TPSA) is 46.8 Å². The molecule has 81 heavy (non-hydrogen) atoms. The molecule has 0 aliphatic carbocycles. The molecule has 5 nitrogen and oxygen atoms in total. The van der Waals surface area contributed by atoms with E-state index in [9.17, 15) is 0 Å². The van der Waals surface area contributed by atoms with Gasteiger partial charge >= 0.3 is 0 Å². The number of thiophene rings is 1. The zero-order valence-corrected chi connectivity index (χ0v) is 44.6. The summed E-state index contributed by atoms with van der Waals surface area (Å²) in [5.41, 5.74) is 14.0. The van der Waals surface area contributed by atoms with Crippen molar-refractivity contribution < 1.29 is 0 Å². The molecule has 0 fully saturated rings. The first-order chi connectivity index (χ1) is 40.2. The van der Waals surface area contributed by atoms with Gasteiger partial charge < -0.3 is 4.90 Å². The minimum absolute atomic E-state index is 0.565. The van der Waals surface area contributed by atoms with Gasteiger partial charge in [-0.25, -0.2) is 4.98 Å². The SMILES string of the molecule is c1ccc(-c2ccc(N(c3cccc(-c4ccc5c(c4)c4ccc6c7cc8c9ccccc9c9ccccc9c8cc7sc6c4n5-c4nc(-c5ccccc5)nc(-c5ccccc5)n4)c3)c3ccccc3-c3ccccc3)cc2)cc1. The molecule has 16 rings (SSSR count). The van der Waals surface area contributed by atoms with Crippen molar-refractivity contribution in [3.63, 3.8) is 0 Å². The molecule has 0 radical (unpaired) electrons. The van der Waals surface area contributed by atoms with Gasteiger partial charge in [-0.2, -0.15) is 9.97 Å². The van der Waals surface area contributed by atoms with Crippen LogP contribution in [0.25, 0.3) is 136 Å². The summed E-state index contributed by atoms with van der Waals surface area (Å²) in [5, 5.41) is 12.2. The Kier molecular flexibility index (Phi) is 11.0. The molecule has 0 saturated carbocycles. The van der Waals surface area contributed by atoms with Crippen LogP contribution in [-0.2, 0) is 0 Å². The third-order valence-corrected chi connectivity index (χ3v) is 17.2. The predicted octanol–water partition coefficient (Wildman–Crippen LogP) is 20.6. The first-order valence-corrected chi connectivity index (χ1v) is 28.2. The molecule has 0 N–H and O–H groups in total. The van der Waals surface area contributed by atoms with Crippen LogP contribution in [-0.4, -0.2) is 19.5 Å². The van der Waals surface area contributed by atoms with Crippen LogP contribution in [0.15, 0.2) is 285 Å². The van der Waals surface area contributed by atoms with Gasteiger partial charge in [-0.15, -0.1) is 11.3 Å². The highest BCUT2D eigenvalue weighted by atomic mass is 32.1. The van der Waals surface area contributed by atoms with Crippen molar-refractivity contribution in [3.8, 4) is 62.1 Å². The second-order valence-electron chi connectivity index (χ2n) is 20.7.